The lowest BCUT2D eigenvalue weighted by molar-refractivity contribution is 0.241. The molecule has 0 heterocycles. The molecular weight excluding hydrogens is 223 g/mol. The molecule has 0 atom stereocenters. The standard InChI is InChI=1S/C10H12ClFOS/c1-6(2)13-8-5-4-7(12)10(14-3)9(8)11/h4-6H,1-3H3. The van der Waals surface area contributed by atoms with Crippen molar-refractivity contribution in [3.8, 4) is 5.75 Å². The van der Waals surface area contributed by atoms with Crippen molar-refractivity contribution >= 4 is 23.4 Å². The second-order valence-corrected chi connectivity index (χ2v) is 4.25. The highest BCUT2D eigenvalue weighted by Crippen LogP contribution is 2.36. The van der Waals surface area contributed by atoms with Crippen molar-refractivity contribution in [2.75, 3.05) is 6.26 Å². The van der Waals surface area contributed by atoms with Crippen molar-refractivity contribution in [3.05, 3.63) is 23.0 Å². The minimum atomic E-state index is -0.307. The zero-order chi connectivity index (χ0) is 10.7. The molecule has 4 heteroatoms. The van der Waals surface area contributed by atoms with E-state index in [9.17, 15) is 4.39 Å². The van der Waals surface area contributed by atoms with Gasteiger partial charge >= 0.3 is 0 Å². The van der Waals surface area contributed by atoms with Gasteiger partial charge in [-0.1, -0.05) is 11.6 Å². The largest absolute Gasteiger partial charge is 0.489 e. The summed E-state index contributed by atoms with van der Waals surface area (Å²) in [6.45, 7) is 3.80. The van der Waals surface area contributed by atoms with Crippen LogP contribution in [-0.2, 0) is 0 Å². The summed E-state index contributed by atoms with van der Waals surface area (Å²) in [7, 11) is 0. The molecule has 0 amide bonds. The molecule has 14 heavy (non-hydrogen) atoms. The lowest BCUT2D eigenvalue weighted by atomic mass is 10.3. The molecule has 0 fully saturated rings. The molecular formula is C10H12ClFOS. The predicted octanol–water partition coefficient (Wildman–Crippen LogP) is 3.99. The topological polar surface area (TPSA) is 9.23 Å². The van der Waals surface area contributed by atoms with Crippen LogP contribution in [0.4, 0.5) is 4.39 Å². The van der Waals surface area contributed by atoms with Gasteiger partial charge < -0.3 is 4.74 Å². The molecule has 1 nitrogen and oxygen atoms in total. The number of halogens is 2. The lowest BCUT2D eigenvalue weighted by Gasteiger charge is -2.13. The van der Waals surface area contributed by atoms with E-state index in [2.05, 4.69) is 0 Å². The van der Waals surface area contributed by atoms with Crippen LogP contribution in [0, 0.1) is 5.82 Å². The maximum Gasteiger partial charge on any atom is 0.139 e. The first-order chi connectivity index (χ1) is 6.56. The minimum Gasteiger partial charge on any atom is -0.489 e. The number of ether oxygens (including phenoxy) is 1. The van der Waals surface area contributed by atoms with Gasteiger partial charge in [-0.05, 0) is 32.2 Å². The van der Waals surface area contributed by atoms with Crippen LogP contribution in [0.15, 0.2) is 17.0 Å². The fourth-order valence-electron chi connectivity index (χ4n) is 1.05. The van der Waals surface area contributed by atoms with Gasteiger partial charge in [-0.2, -0.15) is 0 Å². The highest BCUT2D eigenvalue weighted by atomic mass is 35.5. The zero-order valence-corrected chi connectivity index (χ0v) is 9.88. The van der Waals surface area contributed by atoms with Gasteiger partial charge in [0.1, 0.15) is 11.6 Å². The molecule has 0 spiro atoms. The van der Waals surface area contributed by atoms with Crippen LogP contribution in [-0.4, -0.2) is 12.4 Å². The molecule has 0 aliphatic carbocycles. The molecule has 0 radical (unpaired) electrons. The summed E-state index contributed by atoms with van der Waals surface area (Å²) in [5, 5.41) is 0.353. The number of hydrogen-bond acceptors (Lipinski definition) is 2. The number of benzene rings is 1. The Bertz CT molecular complexity index is 328. The van der Waals surface area contributed by atoms with Gasteiger partial charge in [0.05, 0.1) is 16.0 Å². The first kappa shape index (κ1) is 11.7. The van der Waals surface area contributed by atoms with Crippen LogP contribution >= 0.6 is 23.4 Å². The van der Waals surface area contributed by atoms with Crippen molar-refractivity contribution in [1.82, 2.24) is 0 Å². The van der Waals surface area contributed by atoms with E-state index in [1.807, 2.05) is 13.8 Å². The molecule has 0 bridgehead atoms. The predicted molar refractivity (Wildman–Crippen MR) is 59.0 cm³/mol. The van der Waals surface area contributed by atoms with Gasteiger partial charge in [0, 0.05) is 0 Å². The van der Waals surface area contributed by atoms with Crippen molar-refractivity contribution < 1.29 is 9.13 Å². The van der Waals surface area contributed by atoms with Gasteiger partial charge in [0.15, 0.2) is 0 Å². The van der Waals surface area contributed by atoms with Crippen molar-refractivity contribution in [1.29, 1.82) is 0 Å². The van der Waals surface area contributed by atoms with Crippen LogP contribution in [0.3, 0.4) is 0 Å². The average Bonchev–Trinajstić information content (AvgIpc) is 2.10. The van der Waals surface area contributed by atoms with E-state index in [4.69, 9.17) is 16.3 Å². The van der Waals surface area contributed by atoms with E-state index >= 15 is 0 Å². The molecule has 0 aliphatic rings. The second kappa shape index (κ2) is 4.89. The zero-order valence-electron chi connectivity index (χ0n) is 8.30. The lowest BCUT2D eigenvalue weighted by Crippen LogP contribution is -2.06. The van der Waals surface area contributed by atoms with Crippen LogP contribution < -0.4 is 4.74 Å². The summed E-state index contributed by atoms with van der Waals surface area (Å²) in [6.07, 6.45) is 1.82. The van der Waals surface area contributed by atoms with E-state index in [0.29, 0.717) is 15.7 Å². The SMILES string of the molecule is CSc1c(F)ccc(OC(C)C)c1Cl. The Balaban J connectivity index is 3.08. The summed E-state index contributed by atoms with van der Waals surface area (Å²) >= 11 is 7.25. The fourth-order valence-corrected chi connectivity index (χ4v) is 2.02. The Labute approximate surface area is 92.6 Å². The van der Waals surface area contributed by atoms with E-state index < -0.39 is 0 Å². The Morgan fingerprint density at radius 2 is 2.07 bits per heavy atom. The quantitative estimate of drug-likeness (QED) is 0.732. The van der Waals surface area contributed by atoms with Crippen LogP contribution in [0.2, 0.25) is 5.02 Å². The average molecular weight is 235 g/mol. The normalized spacial score (nSPS) is 10.7. The molecule has 0 aromatic heterocycles. The van der Waals surface area contributed by atoms with Crippen molar-refractivity contribution in [3.63, 3.8) is 0 Å². The Morgan fingerprint density at radius 1 is 1.43 bits per heavy atom. The first-order valence-corrected chi connectivity index (χ1v) is 5.85. The Morgan fingerprint density at radius 3 is 2.57 bits per heavy atom. The Kier molecular flexibility index (Phi) is 4.08. The monoisotopic (exact) mass is 234 g/mol. The van der Waals surface area contributed by atoms with Gasteiger partial charge in [-0.3, -0.25) is 0 Å². The van der Waals surface area contributed by atoms with Gasteiger partial charge in [0.2, 0.25) is 0 Å². The summed E-state index contributed by atoms with van der Waals surface area (Å²) in [6, 6.07) is 2.92. The third-order valence-corrected chi connectivity index (χ3v) is 2.88. The smallest absolute Gasteiger partial charge is 0.139 e. The van der Waals surface area contributed by atoms with E-state index in [-0.39, 0.29) is 11.9 Å². The molecule has 1 aromatic carbocycles. The fraction of sp³-hybridized carbons (Fsp3) is 0.400. The molecule has 0 saturated heterocycles. The number of rotatable bonds is 3. The maximum atomic E-state index is 13.2. The van der Waals surface area contributed by atoms with E-state index in [0.717, 1.165) is 0 Å². The summed E-state index contributed by atoms with van der Waals surface area (Å²) in [5.74, 6) is 0.228. The minimum absolute atomic E-state index is 0.0349. The highest BCUT2D eigenvalue weighted by molar-refractivity contribution is 7.98. The number of hydrogen-bond donors (Lipinski definition) is 0. The maximum absolute atomic E-state index is 13.2. The van der Waals surface area contributed by atoms with Crippen LogP contribution in [0.25, 0.3) is 0 Å². The van der Waals surface area contributed by atoms with Crippen molar-refractivity contribution in [2.45, 2.75) is 24.8 Å². The van der Waals surface area contributed by atoms with E-state index in [1.165, 1.54) is 17.8 Å². The molecule has 78 valence electrons. The molecule has 1 rings (SSSR count). The second-order valence-electron chi connectivity index (χ2n) is 3.06. The highest BCUT2D eigenvalue weighted by Gasteiger charge is 2.12. The van der Waals surface area contributed by atoms with Gasteiger partial charge in [-0.15, -0.1) is 11.8 Å². The third kappa shape index (κ3) is 2.55. The summed E-state index contributed by atoms with van der Waals surface area (Å²) in [5.41, 5.74) is 0. The molecule has 0 N–H and O–H groups in total. The summed E-state index contributed by atoms with van der Waals surface area (Å²) in [4.78, 5) is 0.435. The molecule has 0 unspecified atom stereocenters. The first-order valence-electron chi connectivity index (χ1n) is 4.25. The van der Waals surface area contributed by atoms with Gasteiger partial charge in [0.25, 0.3) is 0 Å². The van der Waals surface area contributed by atoms with Gasteiger partial charge in [-0.25, -0.2) is 4.39 Å². The molecule has 0 aliphatic heterocycles. The van der Waals surface area contributed by atoms with Crippen LogP contribution in [0.1, 0.15) is 13.8 Å². The summed E-state index contributed by atoms with van der Waals surface area (Å²) < 4.78 is 18.6. The Hall–Kier alpha value is -0.410. The van der Waals surface area contributed by atoms with Crippen molar-refractivity contribution in [2.24, 2.45) is 0 Å². The molecule has 0 saturated carbocycles. The third-order valence-electron chi connectivity index (χ3n) is 1.58. The number of thioether (sulfide) groups is 1. The van der Waals surface area contributed by atoms with E-state index in [1.54, 1.807) is 12.3 Å². The molecule has 1 aromatic rings. The van der Waals surface area contributed by atoms with Crippen LogP contribution in [0.5, 0.6) is 5.75 Å².